The molecule has 0 aromatic heterocycles. The standard InChI is InChI=1S/C20H31N3O4/c1-20(2,3)27-19(25)22-17(14-15-6-8-16(26-4)9-7-15)18(24)23-12-5-10-21-11-13-23/h6-9,17,21H,5,10-14H2,1-4H3,(H,22,25)/t17-/m0/s1. The Kier molecular flexibility index (Phi) is 7.47. The number of nitrogens with one attached hydrogen (secondary N) is 2. The minimum absolute atomic E-state index is 0.0830. The summed E-state index contributed by atoms with van der Waals surface area (Å²) in [6, 6.07) is 6.83. The molecule has 1 aromatic carbocycles. The van der Waals surface area contributed by atoms with E-state index in [1.54, 1.807) is 27.9 Å². The van der Waals surface area contributed by atoms with Crippen LogP contribution in [-0.4, -0.2) is 61.8 Å². The van der Waals surface area contributed by atoms with Crippen LogP contribution in [0.4, 0.5) is 4.79 Å². The highest BCUT2D eigenvalue weighted by atomic mass is 16.6. The Labute approximate surface area is 161 Å². The van der Waals surface area contributed by atoms with Crippen LogP contribution in [0.3, 0.4) is 0 Å². The maximum absolute atomic E-state index is 13.1. The van der Waals surface area contributed by atoms with Crippen LogP contribution in [0.5, 0.6) is 5.75 Å². The lowest BCUT2D eigenvalue weighted by molar-refractivity contribution is -0.133. The van der Waals surface area contributed by atoms with Crippen LogP contribution in [0.25, 0.3) is 0 Å². The number of hydrogen-bond acceptors (Lipinski definition) is 5. The molecule has 1 aliphatic rings. The highest BCUT2D eigenvalue weighted by Crippen LogP contribution is 2.15. The third-order valence-corrected chi connectivity index (χ3v) is 4.24. The van der Waals surface area contributed by atoms with Crippen molar-refractivity contribution in [3.8, 4) is 5.75 Å². The van der Waals surface area contributed by atoms with E-state index in [2.05, 4.69) is 10.6 Å². The van der Waals surface area contributed by atoms with E-state index in [1.807, 2.05) is 29.2 Å². The number of rotatable bonds is 5. The van der Waals surface area contributed by atoms with Crippen LogP contribution < -0.4 is 15.4 Å². The lowest BCUT2D eigenvalue weighted by Crippen LogP contribution is -2.51. The van der Waals surface area contributed by atoms with E-state index < -0.39 is 17.7 Å². The number of benzene rings is 1. The fraction of sp³-hybridized carbons (Fsp3) is 0.600. The van der Waals surface area contributed by atoms with Gasteiger partial charge in [-0.2, -0.15) is 0 Å². The van der Waals surface area contributed by atoms with Gasteiger partial charge in [0.2, 0.25) is 5.91 Å². The van der Waals surface area contributed by atoms with Gasteiger partial charge in [0.05, 0.1) is 7.11 Å². The maximum Gasteiger partial charge on any atom is 0.408 e. The lowest BCUT2D eigenvalue weighted by atomic mass is 10.0. The summed E-state index contributed by atoms with van der Waals surface area (Å²) in [6.45, 7) is 8.36. The summed E-state index contributed by atoms with van der Waals surface area (Å²) < 4.78 is 10.5. The zero-order chi connectivity index (χ0) is 19.9. The van der Waals surface area contributed by atoms with Gasteiger partial charge in [0, 0.05) is 26.1 Å². The van der Waals surface area contributed by atoms with E-state index in [4.69, 9.17) is 9.47 Å². The van der Waals surface area contributed by atoms with Gasteiger partial charge in [-0.05, 0) is 51.4 Å². The molecule has 2 N–H and O–H groups in total. The second-order valence-electron chi connectivity index (χ2n) is 7.68. The predicted molar refractivity (Wildman–Crippen MR) is 104 cm³/mol. The van der Waals surface area contributed by atoms with Crippen LogP contribution in [-0.2, 0) is 16.0 Å². The molecule has 150 valence electrons. The lowest BCUT2D eigenvalue weighted by Gasteiger charge is -2.28. The van der Waals surface area contributed by atoms with Crippen molar-refractivity contribution in [2.24, 2.45) is 0 Å². The van der Waals surface area contributed by atoms with Gasteiger partial charge in [-0.25, -0.2) is 4.79 Å². The molecule has 27 heavy (non-hydrogen) atoms. The first kappa shape index (κ1) is 21.0. The summed E-state index contributed by atoms with van der Waals surface area (Å²) in [4.78, 5) is 27.2. The number of carbonyl (C=O) groups is 2. The molecule has 0 spiro atoms. The van der Waals surface area contributed by atoms with Gasteiger partial charge in [0.15, 0.2) is 0 Å². The largest absolute Gasteiger partial charge is 0.497 e. The summed E-state index contributed by atoms with van der Waals surface area (Å²) in [6.07, 6.45) is 0.710. The van der Waals surface area contributed by atoms with Crippen LogP contribution in [0.15, 0.2) is 24.3 Å². The van der Waals surface area contributed by atoms with Gasteiger partial charge in [-0.15, -0.1) is 0 Å². The van der Waals surface area contributed by atoms with Gasteiger partial charge in [0.1, 0.15) is 17.4 Å². The Bertz CT molecular complexity index is 617. The van der Waals surface area contributed by atoms with Crippen molar-refractivity contribution in [1.82, 2.24) is 15.5 Å². The minimum atomic E-state index is -0.675. The molecule has 1 atom stereocenters. The molecule has 0 bridgehead atoms. The summed E-state index contributed by atoms with van der Waals surface area (Å²) in [7, 11) is 1.61. The van der Waals surface area contributed by atoms with Gasteiger partial charge in [-0.3, -0.25) is 4.79 Å². The highest BCUT2D eigenvalue weighted by molar-refractivity contribution is 5.86. The van der Waals surface area contributed by atoms with E-state index in [9.17, 15) is 9.59 Å². The molecular weight excluding hydrogens is 346 g/mol. The number of carbonyl (C=O) groups excluding carboxylic acids is 2. The van der Waals surface area contributed by atoms with Crippen molar-refractivity contribution in [3.63, 3.8) is 0 Å². The molecule has 2 rings (SSSR count). The number of alkyl carbamates (subject to hydrolysis) is 1. The Balaban J connectivity index is 2.12. The average Bonchev–Trinajstić information content (AvgIpc) is 2.89. The topological polar surface area (TPSA) is 79.9 Å². The molecular formula is C20H31N3O4. The molecule has 0 saturated carbocycles. The highest BCUT2D eigenvalue weighted by Gasteiger charge is 2.28. The van der Waals surface area contributed by atoms with Crippen LogP contribution >= 0.6 is 0 Å². The molecule has 1 saturated heterocycles. The number of nitrogens with zero attached hydrogens (tertiary/aromatic N) is 1. The first-order valence-corrected chi connectivity index (χ1v) is 9.40. The molecule has 0 unspecified atom stereocenters. The van der Waals surface area contributed by atoms with E-state index in [0.29, 0.717) is 19.5 Å². The second kappa shape index (κ2) is 9.60. The Morgan fingerprint density at radius 3 is 2.52 bits per heavy atom. The third-order valence-electron chi connectivity index (χ3n) is 4.24. The van der Waals surface area contributed by atoms with Gasteiger partial charge >= 0.3 is 6.09 Å². The smallest absolute Gasteiger partial charge is 0.408 e. The van der Waals surface area contributed by atoms with Crippen molar-refractivity contribution < 1.29 is 19.1 Å². The molecule has 2 amide bonds. The molecule has 1 fully saturated rings. The fourth-order valence-electron chi connectivity index (χ4n) is 2.93. The first-order valence-electron chi connectivity index (χ1n) is 9.40. The van der Waals surface area contributed by atoms with Gasteiger partial charge in [0.25, 0.3) is 0 Å². The average molecular weight is 377 g/mol. The number of hydrogen-bond donors (Lipinski definition) is 2. The van der Waals surface area contributed by atoms with Crippen LogP contribution in [0, 0.1) is 0 Å². The summed E-state index contributed by atoms with van der Waals surface area (Å²) in [5.74, 6) is 0.667. The van der Waals surface area contributed by atoms with Crippen molar-refractivity contribution in [2.45, 2.75) is 45.3 Å². The minimum Gasteiger partial charge on any atom is -0.497 e. The van der Waals surface area contributed by atoms with Gasteiger partial charge < -0.3 is 25.0 Å². The molecule has 0 radical (unpaired) electrons. The molecule has 0 aliphatic carbocycles. The van der Waals surface area contributed by atoms with E-state index in [1.165, 1.54) is 0 Å². The monoisotopic (exact) mass is 377 g/mol. The van der Waals surface area contributed by atoms with Crippen LogP contribution in [0.1, 0.15) is 32.8 Å². The normalized spacial score (nSPS) is 16.2. The van der Waals surface area contributed by atoms with Crippen molar-refractivity contribution >= 4 is 12.0 Å². The van der Waals surface area contributed by atoms with E-state index >= 15 is 0 Å². The summed E-state index contributed by atoms with van der Waals surface area (Å²) in [5, 5.41) is 6.05. The van der Waals surface area contributed by atoms with Crippen molar-refractivity contribution in [1.29, 1.82) is 0 Å². The molecule has 1 heterocycles. The predicted octanol–water partition coefficient (Wildman–Crippen LogP) is 1.95. The Morgan fingerprint density at radius 2 is 1.89 bits per heavy atom. The first-order chi connectivity index (χ1) is 12.8. The molecule has 7 heteroatoms. The number of ether oxygens (including phenoxy) is 2. The Morgan fingerprint density at radius 1 is 1.19 bits per heavy atom. The number of methoxy groups -OCH3 is 1. The Hall–Kier alpha value is -2.28. The molecule has 7 nitrogen and oxygen atoms in total. The second-order valence-corrected chi connectivity index (χ2v) is 7.68. The molecule has 1 aromatic rings. The zero-order valence-corrected chi connectivity index (χ0v) is 16.7. The SMILES string of the molecule is COc1ccc(C[C@H](NC(=O)OC(C)(C)C)C(=O)N2CCCNCC2)cc1. The zero-order valence-electron chi connectivity index (χ0n) is 16.7. The third kappa shape index (κ3) is 7.09. The maximum atomic E-state index is 13.1. The van der Waals surface area contributed by atoms with Crippen molar-refractivity contribution in [2.75, 3.05) is 33.3 Å². The van der Waals surface area contributed by atoms with E-state index in [0.717, 1.165) is 30.8 Å². The fourth-order valence-corrected chi connectivity index (χ4v) is 2.93. The van der Waals surface area contributed by atoms with E-state index in [-0.39, 0.29) is 5.91 Å². The summed E-state index contributed by atoms with van der Waals surface area (Å²) in [5.41, 5.74) is 0.322. The quantitative estimate of drug-likeness (QED) is 0.820. The number of amides is 2. The van der Waals surface area contributed by atoms with Crippen molar-refractivity contribution in [3.05, 3.63) is 29.8 Å². The van der Waals surface area contributed by atoms with Gasteiger partial charge in [-0.1, -0.05) is 12.1 Å². The van der Waals surface area contributed by atoms with Crippen LogP contribution in [0.2, 0.25) is 0 Å². The summed E-state index contributed by atoms with van der Waals surface area (Å²) >= 11 is 0. The molecule has 1 aliphatic heterocycles.